The Morgan fingerprint density at radius 3 is 2.73 bits per heavy atom. The van der Waals surface area contributed by atoms with Crippen molar-refractivity contribution in [2.45, 2.75) is 0 Å². The molecule has 0 saturated carbocycles. The highest BCUT2D eigenvalue weighted by atomic mass is 79.9. The number of carbonyl (C=O) groups is 1. The normalized spacial score (nSPS) is 9.64. The monoisotopic (exact) mass is 219 g/mol. The Balaban J connectivity index is 3.44. The number of halogens is 2. The van der Waals surface area contributed by atoms with Crippen LogP contribution in [-0.2, 0) is 0 Å². The number of rotatable bonds is 1. The zero-order chi connectivity index (χ0) is 8.43. The maximum Gasteiger partial charge on any atom is 0.265 e. The number of pyridine rings is 1. The molecule has 0 aliphatic carbocycles. The SMILES string of the molecule is O=Cc1cc(F)c(Br)c(=O)[nH]1. The molecule has 0 amide bonds. The Bertz CT molecular complexity index is 347. The maximum atomic E-state index is 12.6. The molecule has 0 saturated heterocycles. The highest BCUT2D eigenvalue weighted by Crippen LogP contribution is 2.08. The minimum absolute atomic E-state index is 0.0734. The third kappa shape index (κ3) is 1.54. The molecule has 1 aromatic heterocycles. The molecule has 0 spiro atoms. The molecular formula is C6H3BrFNO2. The van der Waals surface area contributed by atoms with Gasteiger partial charge in [-0.2, -0.15) is 0 Å². The zero-order valence-corrected chi connectivity index (χ0v) is 6.81. The fraction of sp³-hybridized carbons (Fsp3) is 0. The summed E-state index contributed by atoms with van der Waals surface area (Å²) in [7, 11) is 0. The van der Waals surface area contributed by atoms with Crippen LogP contribution in [0, 0.1) is 5.82 Å². The van der Waals surface area contributed by atoms with Crippen molar-refractivity contribution in [2.75, 3.05) is 0 Å². The van der Waals surface area contributed by atoms with Crippen molar-refractivity contribution in [3.05, 3.63) is 32.4 Å². The molecule has 3 nitrogen and oxygen atoms in total. The number of H-pyrrole nitrogens is 1. The summed E-state index contributed by atoms with van der Waals surface area (Å²) in [5.74, 6) is -0.740. The number of hydrogen-bond donors (Lipinski definition) is 1. The number of carbonyl (C=O) groups excluding carboxylic acids is 1. The van der Waals surface area contributed by atoms with Crippen LogP contribution in [0.4, 0.5) is 4.39 Å². The predicted octanol–water partition coefficient (Wildman–Crippen LogP) is 1.09. The first-order valence-corrected chi connectivity index (χ1v) is 3.48. The van der Waals surface area contributed by atoms with Gasteiger partial charge in [0.05, 0.1) is 5.69 Å². The maximum absolute atomic E-state index is 12.6. The van der Waals surface area contributed by atoms with Gasteiger partial charge >= 0.3 is 0 Å². The first kappa shape index (κ1) is 8.13. The lowest BCUT2D eigenvalue weighted by Crippen LogP contribution is -2.11. The van der Waals surface area contributed by atoms with E-state index in [-0.39, 0.29) is 10.2 Å². The molecule has 0 radical (unpaired) electrons. The summed E-state index contributed by atoms with van der Waals surface area (Å²) in [6, 6.07) is 0.943. The first-order chi connectivity index (χ1) is 5.15. The van der Waals surface area contributed by atoms with Gasteiger partial charge in [0.2, 0.25) is 0 Å². The second kappa shape index (κ2) is 2.96. The van der Waals surface area contributed by atoms with E-state index in [1.54, 1.807) is 0 Å². The lowest BCUT2D eigenvalue weighted by molar-refractivity contribution is 0.111. The average Bonchev–Trinajstić information content (AvgIpc) is 1.99. The van der Waals surface area contributed by atoms with Gasteiger partial charge in [-0.1, -0.05) is 0 Å². The van der Waals surface area contributed by atoms with Crippen molar-refractivity contribution in [1.29, 1.82) is 0 Å². The highest BCUT2D eigenvalue weighted by Gasteiger charge is 2.04. The Labute approximate surface area is 69.4 Å². The molecule has 1 heterocycles. The van der Waals surface area contributed by atoms with Crippen LogP contribution in [0.1, 0.15) is 10.5 Å². The summed E-state index contributed by atoms with van der Waals surface area (Å²) in [6.45, 7) is 0. The van der Waals surface area contributed by atoms with Crippen molar-refractivity contribution in [2.24, 2.45) is 0 Å². The van der Waals surface area contributed by atoms with Gasteiger partial charge in [0.25, 0.3) is 5.56 Å². The predicted molar refractivity (Wildman–Crippen MR) is 40.1 cm³/mol. The van der Waals surface area contributed by atoms with Crippen LogP contribution in [0.15, 0.2) is 15.3 Å². The van der Waals surface area contributed by atoms with E-state index in [1.807, 2.05) is 0 Å². The Hall–Kier alpha value is -0.970. The van der Waals surface area contributed by atoms with Crippen LogP contribution in [0.3, 0.4) is 0 Å². The van der Waals surface area contributed by atoms with Crippen LogP contribution >= 0.6 is 15.9 Å². The molecule has 0 aromatic carbocycles. The van der Waals surface area contributed by atoms with E-state index in [0.717, 1.165) is 6.07 Å². The second-order valence-electron chi connectivity index (χ2n) is 1.83. The number of nitrogens with one attached hydrogen (secondary N) is 1. The van der Waals surface area contributed by atoms with E-state index in [9.17, 15) is 14.0 Å². The summed E-state index contributed by atoms with van der Waals surface area (Å²) in [5.41, 5.74) is -0.720. The topological polar surface area (TPSA) is 49.9 Å². The standard InChI is InChI=1S/C6H3BrFNO2/c7-5-4(8)1-3(2-10)9-6(5)11/h1-2H,(H,9,11). The van der Waals surface area contributed by atoms with E-state index < -0.39 is 11.4 Å². The van der Waals surface area contributed by atoms with E-state index in [4.69, 9.17) is 0 Å². The number of aromatic amines is 1. The third-order valence-corrected chi connectivity index (χ3v) is 1.81. The van der Waals surface area contributed by atoms with E-state index in [0.29, 0.717) is 6.29 Å². The van der Waals surface area contributed by atoms with Crippen molar-refractivity contribution in [3.63, 3.8) is 0 Å². The molecule has 1 rings (SSSR count). The molecule has 0 unspecified atom stereocenters. The van der Waals surface area contributed by atoms with Gasteiger partial charge in [0, 0.05) is 6.07 Å². The molecule has 5 heteroatoms. The summed E-state index contributed by atoms with van der Waals surface area (Å²) in [4.78, 5) is 22.9. The smallest absolute Gasteiger partial charge is 0.265 e. The molecule has 11 heavy (non-hydrogen) atoms. The van der Waals surface area contributed by atoms with Gasteiger partial charge in [-0.25, -0.2) is 4.39 Å². The summed E-state index contributed by atoms with van der Waals surface area (Å²) in [6.07, 6.45) is 0.372. The Kier molecular flexibility index (Phi) is 2.19. The van der Waals surface area contributed by atoms with Crippen LogP contribution in [0.2, 0.25) is 0 Å². The summed E-state index contributed by atoms with van der Waals surface area (Å²) in [5, 5.41) is 0. The molecular weight excluding hydrogens is 217 g/mol. The molecule has 0 aliphatic rings. The fourth-order valence-corrected chi connectivity index (χ4v) is 0.807. The molecule has 1 aromatic rings. The number of aldehydes is 1. The Morgan fingerprint density at radius 1 is 1.64 bits per heavy atom. The van der Waals surface area contributed by atoms with Gasteiger partial charge in [0.15, 0.2) is 6.29 Å². The lowest BCUT2D eigenvalue weighted by Gasteiger charge is -1.93. The zero-order valence-electron chi connectivity index (χ0n) is 5.23. The van der Waals surface area contributed by atoms with Crippen molar-refractivity contribution in [1.82, 2.24) is 4.98 Å². The molecule has 1 N–H and O–H groups in total. The largest absolute Gasteiger partial charge is 0.319 e. The minimum Gasteiger partial charge on any atom is -0.319 e. The average molecular weight is 220 g/mol. The summed E-state index contributed by atoms with van der Waals surface area (Å²) >= 11 is 2.71. The molecule has 0 bridgehead atoms. The quantitative estimate of drug-likeness (QED) is 0.720. The first-order valence-electron chi connectivity index (χ1n) is 2.68. The Morgan fingerprint density at radius 2 is 2.27 bits per heavy atom. The molecule has 0 fully saturated rings. The van der Waals surface area contributed by atoms with Crippen LogP contribution < -0.4 is 5.56 Å². The lowest BCUT2D eigenvalue weighted by atomic mass is 10.4. The van der Waals surface area contributed by atoms with E-state index in [2.05, 4.69) is 20.9 Å². The highest BCUT2D eigenvalue weighted by molar-refractivity contribution is 9.10. The van der Waals surface area contributed by atoms with Crippen molar-refractivity contribution >= 4 is 22.2 Å². The number of aromatic nitrogens is 1. The summed E-state index contributed by atoms with van der Waals surface area (Å²) < 4.78 is 12.4. The second-order valence-corrected chi connectivity index (χ2v) is 2.63. The fourth-order valence-electron chi connectivity index (χ4n) is 0.594. The van der Waals surface area contributed by atoms with Gasteiger partial charge in [-0.15, -0.1) is 0 Å². The molecule has 0 atom stereocenters. The van der Waals surface area contributed by atoms with E-state index >= 15 is 0 Å². The van der Waals surface area contributed by atoms with Crippen molar-refractivity contribution in [3.8, 4) is 0 Å². The van der Waals surface area contributed by atoms with Crippen LogP contribution in [0.5, 0.6) is 0 Å². The van der Waals surface area contributed by atoms with Crippen LogP contribution in [0.25, 0.3) is 0 Å². The third-order valence-electron chi connectivity index (χ3n) is 1.08. The van der Waals surface area contributed by atoms with Crippen LogP contribution in [-0.4, -0.2) is 11.3 Å². The van der Waals surface area contributed by atoms with Gasteiger partial charge < -0.3 is 4.98 Å². The molecule has 58 valence electrons. The number of hydrogen-bond acceptors (Lipinski definition) is 2. The van der Waals surface area contributed by atoms with E-state index in [1.165, 1.54) is 0 Å². The van der Waals surface area contributed by atoms with Gasteiger partial charge in [0.1, 0.15) is 10.3 Å². The van der Waals surface area contributed by atoms with Gasteiger partial charge in [-0.05, 0) is 15.9 Å². The van der Waals surface area contributed by atoms with Crippen molar-refractivity contribution < 1.29 is 9.18 Å². The molecule has 0 aliphatic heterocycles. The van der Waals surface area contributed by atoms with Gasteiger partial charge in [-0.3, -0.25) is 9.59 Å². The minimum atomic E-state index is -0.740.